The van der Waals surface area contributed by atoms with Gasteiger partial charge in [0.15, 0.2) is 5.96 Å². The van der Waals surface area contributed by atoms with E-state index in [9.17, 15) is 8.42 Å². The number of aliphatic imine (C=N–C) groups is 1. The molecular formula is C20H34N4O2S. The van der Waals surface area contributed by atoms with E-state index in [0.29, 0.717) is 31.5 Å². The summed E-state index contributed by atoms with van der Waals surface area (Å²) in [6, 6.07) is 10.7. The number of guanidine groups is 1. The number of hydrogen-bond acceptors (Lipinski definition) is 3. The van der Waals surface area contributed by atoms with Crippen molar-refractivity contribution in [2.75, 3.05) is 45.5 Å². The molecule has 0 aromatic heterocycles. The first-order chi connectivity index (χ1) is 12.9. The molecule has 7 heteroatoms. The van der Waals surface area contributed by atoms with Crippen molar-refractivity contribution in [2.24, 2.45) is 10.9 Å². The zero-order chi connectivity index (χ0) is 19.9. The average molecular weight is 395 g/mol. The zero-order valence-electron chi connectivity index (χ0n) is 17.1. The highest BCUT2D eigenvalue weighted by Crippen LogP contribution is 2.32. The molecular weight excluding hydrogens is 360 g/mol. The molecule has 152 valence electrons. The molecule has 27 heavy (non-hydrogen) atoms. The Bertz CT molecular complexity index is 702. The average Bonchev–Trinajstić information content (AvgIpc) is 2.66. The summed E-state index contributed by atoms with van der Waals surface area (Å²) >= 11 is 0. The molecule has 0 amide bonds. The topological polar surface area (TPSA) is 65.0 Å². The van der Waals surface area contributed by atoms with E-state index in [-0.39, 0.29) is 5.75 Å². The van der Waals surface area contributed by atoms with Crippen LogP contribution in [0.2, 0.25) is 0 Å². The van der Waals surface area contributed by atoms with Crippen molar-refractivity contribution < 1.29 is 8.42 Å². The van der Waals surface area contributed by atoms with E-state index in [1.165, 1.54) is 9.87 Å². The number of rotatable bonds is 7. The summed E-state index contributed by atoms with van der Waals surface area (Å²) < 4.78 is 26.2. The molecule has 6 nitrogen and oxygen atoms in total. The van der Waals surface area contributed by atoms with Gasteiger partial charge in [-0.05, 0) is 23.8 Å². The van der Waals surface area contributed by atoms with Gasteiger partial charge in [-0.3, -0.25) is 4.99 Å². The lowest BCUT2D eigenvalue weighted by Gasteiger charge is -2.39. The molecule has 1 aliphatic rings. The largest absolute Gasteiger partial charge is 0.355 e. The van der Waals surface area contributed by atoms with Crippen LogP contribution in [-0.4, -0.2) is 69.1 Å². The molecule has 1 N–H and O–H groups in total. The Morgan fingerprint density at radius 3 is 2.48 bits per heavy atom. The highest BCUT2D eigenvalue weighted by Gasteiger charge is 2.28. The van der Waals surface area contributed by atoms with Gasteiger partial charge in [-0.2, -0.15) is 0 Å². The predicted octanol–water partition coefficient (Wildman–Crippen LogP) is 2.36. The van der Waals surface area contributed by atoms with Gasteiger partial charge in [0.05, 0.1) is 5.75 Å². The van der Waals surface area contributed by atoms with Gasteiger partial charge >= 0.3 is 0 Å². The van der Waals surface area contributed by atoms with Gasteiger partial charge in [0.2, 0.25) is 10.0 Å². The van der Waals surface area contributed by atoms with Crippen LogP contribution >= 0.6 is 0 Å². The summed E-state index contributed by atoms with van der Waals surface area (Å²) in [4.78, 5) is 6.62. The fraction of sp³-hybridized carbons (Fsp3) is 0.650. The Balaban J connectivity index is 1.90. The smallest absolute Gasteiger partial charge is 0.215 e. The second kappa shape index (κ2) is 10.1. The summed E-state index contributed by atoms with van der Waals surface area (Å²) in [5.41, 5.74) is 1.40. The number of nitrogens with zero attached hydrogens (tertiary/aromatic N) is 3. The van der Waals surface area contributed by atoms with Crippen LogP contribution < -0.4 is 5.32 Å². The van der Waals surface area contributed by atoms with Gasteiger partial charge in [0.25, 0.3) is 0 Å². The highest BCUT2D eigenvalue weighted by molar-refractivity contribution is 7.89. The number of piperidine rings is 1. The lowest BCUT2D eigenvalue weighted by molar-refractivity contribution is 0.235. The number of likely N-dealkylation sites (tertiary alicyclic amines) is 1. The first-order valence-electron chi connectivity index (χ1n) is 9.91. The van der Waals surface area contributed by atoms with Crippen LogP contribution in [0.15, 0.2) is 35.3 Å². The normalized spacial score (nSPS) is 21.5. The molecule has 0 radical (unpaired) electrons. The maximum Gasteiger partial charge on any atom is 0.215 e. The third-order valence-electron chi connectivity index (χ3n) is 5.39. The molecule has 0 spiro atoms. The molecule has 0 bridgehead atoms. The Morgan fingerprint density at radius 1 is 1.26 bits per heavy atom. The number of nitrogens with one attached hydrogen (secondary N) is 1. The molecule has 2 unspecified atom stereocenters. The van der Waals surface area contributed by atoms with Crippen LogP contribution in [0.4, 0.5) is 0 Å². The van der Waals surface area contributed by atoms with Crippen molar-refractivity contribution in [2.45, 2.75) is 33.1 Å². The van der Waals surface area contributed by atoms with Gasteiger partial charge in [-0.15, -0.1) is 0 Å². The zero-order valence-corrected chi connectivity index (χ0v) is 17.9. The maximum atomic E-state index is 12.3. The standard InChI is InChI=1S/C20H34N4O2S/c1-5-24(6-2)27(25,26)15-13-22-20(21-4)23-14-12-19(17(3)16-23)18-10-8-7-9-11-18/h7-11,17,19H,5-6,12-16H2,1-4H3,(H,21,22). The van der Waals surface area contributed by atoms with Crippen LogP contribution in [0.5, 0.6) is 0 Å². The quantitative estimate of drug-likeness (QED) is 0.570. The summed E-state index contributed by atoms with van der Waals surface area (Å²) in [5.74, 6) is 1.95. The van der Waals surface area contributed by atoms with Crippen LogP contribution in [0.1, 0.15) is 38.7 Å². The van der Waals surface area contributed by atoms with Crippen molar-refractivity contribution in [3.63, 3.8) is 0 Å². The molecule has 1 aliphatic heterocycles. The molecule has 0 aliphatic carbocycles. The van der Waals surface area contributed by atoms with Crippen LogP contribution in [0, 0.1) is 5.92 Å². The Labute approximate surface area is 164 Å². The monoisotopic (exact) mass is 394 g/mol. The van der Waals surface area contributed by atoms with E-state index in [2.05, 4.69) is 52.5 Å². The lowest BCUT2D eigenvalue weighted by Crippen LogP contribution is -2.49. The number of hydrogen-bond donors (Lipinski definition) is 1. The van der Waals surface area contributed by atoms with Crippen LogP contribution in [-0.2, 0) is 10.0 Å². The minimum atomic E-state index is -3.22. The molecule has 1 fully saturated rings. The van der Waals surface area contributed by atoms with E-state index < -0.39 is 10.0 Å². The highest BCUT2D eigenvalue weighted by atomic mass is 32.2. The molecule has 2 rings (SSSR count). The summed E-state index contributed by atoms with van der Waals surface area (Å²) in [5, 5.41) is 3.24. The van der Waals surface area contributed by atoms with Gasteiger partial charge in [0.1, 0.15) is 0 Å². The van der Waals surface area contributed by atoms with Crippen LogP contribution in [0.3, 0.4) is 0 Å². The van der Waals surface area contributed by atoms with Gasteiger partial charge < -0.3 is 10.2 Å². The van der Waals surface area contributed by atoms with Gasteiger partial charge in [-0.1, -0.05) is 51.1 Å². The van der Waals surface area contributed by atoms with Gasteiger partial charge in [-0.25, -0.2) is 12.7 Å². The van der Waals surface area contributed by atoms with Crippen molar-refractivity contribution in [1.82, 2.24) is 14.5 Å². The minimum absolute atomic E-state index is 0.0870. The van der Waals surface area contributed by atoms with E-state index in [1.807, 2.05) is 13.8 Å². The van der Waals surface area contributed by atoms with Crippen molar-refractivity contribution in [1.29, 1.82) is 0 Å². The fourth-order valence-electron chi connectivity index (χ4n) is 3.90. The predicted molar refractivity (Wildman–Crippen MR) is 113 cm³/mol. The third kappa shape index (κ3) is 5.69. The second-order valence-corrected chi connectivity index (χ2v) is 9.19. The number of sulfonamides is 1. The molecule has 1 aromatic carbocycles. The first kappa shape index (κ1) is 21.7. The summed E-state index contributed by atoms with van der Waals surface area (Å²) in [7, 11) is -1.46. The van der Waals surface area contributed by atoms with Gasteiger partial charge in [0, 0.05) is 39.8 Å². The Hall–Kier alpha value is -1.60. The summed E-state index contributed by atoms with van der Waals surface area (Å²) in [6.45, 7) is 9.25. The fourth-order valence-corrected chi connectivity index (χ4v) is 5.31. The maximum absolute atomic E-state index is 12.3. The minimum Gasteiger partial charge on any atom is -0.355 e. The Morgan fingerprint density at radius 2 is 1.93 bits per heavy atom. The lowest BCUT2D eigenvalue weighted by atomic mass is 9.82. The van der Waals surface area contributed by atoms with E-state index in [1.54, 1.807) is 7.05 Å². The van der Waals surface area contributed by atoms with E-state index in [0.717, 1.165) is 25.5 Å². The van der Waals surface area contributed by atoms with Crippen molar-refractivity contribution in [3.05, 3.63) is 35.9 Å². The summed E-state index contributed by atoms with van der Waals surface area (Å²) in [6.07, 6.45) is 1.07. The molecule has 1 saturated heterocycles. The van der Waals surface area contributed by atoms with Crippen molar-refractivity contribution >= 4 is 16.0 Å². The van der Waals surface area contributed by atoms with Crippen LogP contribution in [0.25, 0.3) is 0 Å². The molecule has 2 atom stereocenters. The Kier molecular flexibility index (Phi) is 8.10. The number of benzene rings is 1. The second-order valence-electron chi connectivity index (χ2n) is 7.10. The SMILES string of the molecule is CCN(CC)S(=O)(=O)CCNC(=NC)N1CCC(c2ccccc2)C(C)C1. The van der Waals surface area contributed by atoms with Crippen molar-refractivity contribution in [3.8, 4) is 0 Å². The molecule has 1 aromatic rings. The third-order valence-corrected chi connectivity index (χ3v) is 7.41. The molecule has 0 saturated carbocycles. The van der Waals surface area contributed by atoms with E-state index in [4.69, 9.17) is 0 Å². The van der Waals surface area contributed by atoms with E-state index >= 15 is 0 Å². The molecule has 1 heterocycles. The first-order valence-corrected chi connectivity index (χ1v) is 11.5.